The van der Waals surface area contributed by atoms with Crippen molar-refractivity contribution in [1.29, 1.82) is 0 Å². The second-order valence-electron chi connectivity index (χ2n) is 4.34. The van der Waals surface area contributed by atoms with E-state index in [2.05, 4.69) is 27.3 Å². The molecule has 0 bridgehead atoms. The third-order valence-corrected chi connectivity index (χ3v) is 2.74. The first-order valence-electron chi connectivity index (χ1n) is 6.33. The molecule has 0 aliphatic rings. The molecule has 19 heavy (non-hydrogen) atoms. The summed E-state index contributed by atoms with van der Waals surface area (Å²) < 4.78 is 7.21. The molecule has 2 aromatic rings. The fourth-order valence-corrected chi connectivity index (χ4v) is 1.92. The Morgan fingerprint density at radius 3 is 2.68 bits per heavy atom. The minimum Gasteiger partial charge on any atom is -0.490 e. The van der Waals surface area contributed by atoms with Crippen molar-refractivity contribution >= 4 is 5.82 Å². The molecule has 0 amide bonds. The van der Waals surface area contributed by atoms with Crippen molar-refractivity contribution in [2.24, 2.45) is 0 Å². The Balaban J connectivity index is 2.48. The molecule has 0 saturated carbocycles. The zero-order chi connectivity index (χ0) is 13.8. The summed E-state index contributed by atoms with van der Waals surface area (Å²) in [7, 11) is 1.62. The second-order valence-corrected chi connectivity index (χ2v) is 4.34. The number of ether oxygens (including phenoxy) is 1. The highest BCUT2D eigenvalue weighted by Gasteiger charge is 2.15. The van der Waals surface area contributed by atoms with Gasteiger partial charge in [0.15, 0.2) is 5.82 Å². The fraction of sp³-hybridized carbons (Fsp3) is 0.462. The van der Waals surface area contributed by atoms with Crippen molar-refractivity contribution in [2.45, 2.75) is 27.2 Å². The standard InChI is InChI=1S/C13H19N5O/c1-5-6-14-12-11(19-4)13(16-8-15-12)18-10(3)7-9(2)17-18/h7-8H,5-6H2,1-4H3,(H,14,15,16). The molecular weight excluding hydrogens is 242 g/mol. The third kappa shape index (κ3) is 2.67. The molecule has 0 radical (unpaired) electrons. The molecule has 0 unspecified atom stereocenters. The number of methoxy groups -OCH3 is 1. The Morgan fingerprint density at radius 1 is 1.32 bits per heavy atom. The molecule has 6 heteroatoms. The minimum absolute atomic E-state index is 0.613. The lowest BCUT2D eigenvalue weighted by molar-refractivity contribution is 0.408. The molecule has 0 fully saturated rings. The summed E-state index contributed by atoms with van der Waals surface area (Å²) in [6, 6.07) is 2.00. The molecule has 2 rings (SSSR count). The summed E-state index contributed by atoms with van der Waals surface area (Å²) in [6.07, 6.45) is 2.54. The van der Waals surface area contributed by atoms with Crippen LogP contribution in [0, 0.1) is 13.8 Å². The average Bonchev–Trinajstić information content (AvgIpc) is 2.74. The summed E-state index contributed by atoms with van der Waals surface area (Å²) in [5, 5.41) is 7.66. The summed E-state index contributed by atoms with van der Waals surface area (Å²) >= 11 is 0. The van der Waals surface area contributed by atoms with Crippen molar-refractivity contribution in [2.75, 3.05) is 19.0 Å². The minimum atomic E-state index is 0.613. The average molecular weight is 261 g/mol. The maximum absolute atomic E-state index is 5.44. The van der Waals surface area contributed by atoms with E-state index in [0.717, 1.165) is 24.4 Å². The van der Waals surface area contributed by atoms with E-state index in [1.165, 1.54) is 6.33 Å². The molecule has 0 atom stereocenters. The molecular formula is C13H19N5O. The molecule has 0 spiro atoms. The smallest absolute Gasteiger partial charge is 0.206 e. The van der Waals surface area contributed by atoms with Crippen LogP contribution in [-0.4, -0.2) is 33.4 Å². The topological polar surface area (TPSA) is 64.9 Å². The van der Waals surface area contributed by atoms with Crippen LogP contribution < -0.4 is 10.1 Å². The van der Waals surface area contributed by atoms with Crippen LogP contribution in [0.5, 0.6) is 5.75 Å². The molecule has 102 valence electrons. The van der Waals surface area contributed by atoms with Crippen LogP contribution >= 0.6 is 0 Å². The van der Waals surface area contributed by atoms with Crippen molar-refractivity contribution in [3.63, 3.8) is 0 Å². The summed E-state index contributed by atoms with van der Waals surface area (Å²) in [4.78, 5) is 8.51. The predicted molar refractivity (Wildman–Crippen MR) is 74.0 cm³/mol. The summed E-state index contributed by atoms with van der Waals surface area (Å²) in [6.45, 7) is 6.88. The molecule has 1 N–H and O–H groups in total. The number of nitrogens with zero attached hydrogens (tertiary/aromatic N) is 4. The lowest BCUT2D eigenvalue weighted by atomic mass is 10.4. The SMILES string of the molecule is CCCNc1ncnc(-n2nc(C)cc2C)c1OC. The van der Waals surface area contributed by atoms with Crippen molar-refractivity contribution in [3.8, 4) is 11.6 Å². The lowest BCUT2D eigenvalue weighted by Gasteiger charge is -2.13. The normalized spacial score (nSPS) is 10.5. The van der Waals surface area contributed by atoms with Crippen LogP contribution in [0.3, 0.4) is 0 Å². The van der Waals surface area contributed by atoms with Gasteiger partial charge in [0.2, 0.25) is 11.6 Å². The first-order valence-corrected chi connectivity index (χ1v) is 6.33. The summed E-state index contributed by atoms with van der Waals surface area (Å²) in [5.41, 5.74) is 1.96. The Kier molecular flexibility index (Phi) is 3.99. The van der Waals surface area contributed by atoms with E-state index in [0.29, 0.717) is 17.4 Å². The van der Waals surface area contributed by atoms with Crippen LogP contribution in [-0.2, 0) is 0 Å². The summed E-state index contributed by atoms with van der Waals surface area (Å²) in [5.74, 6) is 1.96. The Hall–Kier alpha value is -2.11. The number of aromatic nitrogens is 4. The van der Waals surface area contributed by atoms with Crippen LogP contribution in [0.1, 0.15) is 24.7 Å². The Morgan fingerprint density at radius 2 is 2.11 bits per heavy atom. The zero-order valence-corrected chi connectivity index (χ0v) is 11.8. The van der Waals surface area contributed by atoms with E-state index < -0.39 is 0 Å². The first kappa shape index (κ1) is 13.3. The van der Waals surface area contributed by atoms with Gasteiger partial charge in [0.25, 0.3) is 0 Å². The van der Waals surface area contributed by atoms with Crippen LogP contribution in [0.2, 0.25) is 0 Å². The van der Waals surface area contributed by atoms with Gasteiger partial charge < -0.3 is 10.1 Å². The van der Waals surface area contributed by atoms with Gasteiger partial charge in [-0.2, -0.15) is 5.10 Å². The van der Waals surface area contributed by atoms with Crippen molar-refractivity contribution in [1.82, 2.24) is 19.7 Å². The van der Waals surface area contributed by atoms with Crippen LogP contribution in [0.15, 0.2) is 12.4 Å². The van der Waals surface area contributed by atoms with E-state index in [9.17, 15) is 0 Å². The number of anilines is 1. The molecule has 2 aromatic heterocycles. The monoisotopic (exact) mass is 261 g/mol. The van der Waals surface area contributed by atoms with Gasteiger partial charge >= 0.3 is 0 Å². The Bertz CT molecular complexity index is 564. The van der Waals surface area contributed by atoms with E-state index in [1.54, 1.807) is 11.8 Å². The first-order chi connectivity index (χ1) is 9.17. The molecule has 6 nitrogen and oxygen atoms in total. The quantitative estimate of drug-likeness (QED) is 0.893. The van der Waals surface area contributed by atoms with Gasteiger partial charge in [-0.3, -0.25) is 0 Å². The second kappa shape index (κ2) is 5.69. The maximum atomic E-state index is 5.44. The van der Waals surface area contributed by atoms with Gasteiger partial charge in [-0.1, -0.05) is 6.92 Å². The molecule has 0 aromatic carbocycles. The van der Waals surface area contributed by atoms with Crippen molar-refractivity contribution in [3.05, 3.63) is 23.8 Å². The van der Waals surface area contributed by atoms with E-state index in [4.69, 9.17) is 4.74 Å². The van der Waals surface area contributed by atoms with Crippen LogP contribution in [0.4, 0.5) is 5.82 Å². The van der Waals surface area contributed by atoms with E-state index in [1.807, 2.05) is 19.9 Å². The number of aryl methyl sites for hydroxylation is 2. The van der Waals surface area contributed by atoms with Gasteiger partial charge in [0.05, 0.1) is 12.8 Å². The van der Waals surface area contributed by atoms with E-state index >= 15 is 0 Å². The van der Waals surface area contributed by atoms with Gasteiger partial charge in [0.1, 0.15) is 6.33 Å². The van der Waals surface area contributed by atoms with Gasteiger partial charge in [-0.05, 0) is 26.3 Å². The molecule has 0 saturated heterocycles. The largest absolute Gasteiger partial charge is 0.490 e. The maximum Gasteiger partial charge on any atom is 0.206 e. The van der Waals surface area contributed by atoms with Gasteiger partial charge in [-0.15, -0.1) is 0 Å². The highest BCUT2D eigenvalue weighted by atomic mass is 16.5. The Labute approximate surface area is 112 Å². The fourth-order valence-electron chi connectivity index (χ4n) is 1.92. The number of hydrogen-bond donors (Lipinski definition) is 1. The zero-order valence-electron chi connectivity index (χ0n) is 11.8. The molecule has 2 heterocycles. The number of nitrogens with one attached hydrogen (secondary N) is 1. The highest BCUT2D eigenvalue weighted by molar-refractivity contribution is 5.58. The third-order valence-electron chi connectivity index (χ3n) is 2.74. The number of hydrogen-bond acceptors (Lipinski definition) is 5. The van der Waals surface area contributed by atoms with Gasteiger partial charge in [-0.25, -0.2) is 14.6 Å². The van der Waals surface area contributed by atoms with Crippen LogP contribution in [0.25, 0.3) is 5.82 Å². The van der Waals surface area contributed by atoms with Crippen molar-refractivity contribution < 1.29 is 4.74 Å². The lowest BCUT2D eigenvalue weighted by Crippen LogP contribution is -2.10. The molecule has 0 aliphatic heterocycles. The molecule has 0 aliphatic carbocycles. The van der Waals surface area contributed by atoms with E-state index in [-0.39, 0.29) is 0 Å². The predicted octanol–water partition coefficient (Wildman–Crippen LogP) is 2.11. The highest BCUT2D eigenvalue weighted by Crippen LogP contribution is 2.28. The van der Waals surface area contributed by atoms with Gasteiger partial charge in [0, 0.05) is 12.2 Å². The number of rotatable bonds is 5.